The van der Waals surface area contributed by atoms with Gasteiger partial charge in [-0.15, -0.1) is 0 Å². The maximum Gasteiger partial charge on any atom is 0.0771 e. The topological polar surface area (TPSA) is 21.3 Å². The van der Waals surface area contributed by atoms with Crippen molar-refractivity contribution in [2.45, 2.75) is 45.1 Å². The molecule has 0 aromatic rings. The van der Waals surface area contributed by atoms with Crippen molar-refractivity contribution in [1.29, 1.82) is 0 Å². The third-order valence-electron chi connectivity index (χ3n) is 2.91. The summed E-state index contributed by atoms with van der Waals surface area (Å²) in [5.41, 5.74) is 0. The summed E-state index contributed by atoms with van der Waals surface area (Å²) in [5, 5.41) is 3.53. The van der Waals surface area contributed by atoms with Crippen molar-refractivity contribution in [3.8, 4) is 0 Å². The van der Waals surface area contributed by atoms with E-state index in [-0.39, 0.29) is 0 Å². The molecule has 0 radical (unpaired) electrons. The first-order valence-corrected chi connectivity index (χ1v) is 4.11. The third kappa shape index (κ3) is 0.663. The zero-order valence-electron chi connectivity index (χ0n) is 6.79. The number of ether oxygens (including phenoxy) is 1. The molecule has 1 N–H and O–H groups in total. The lowest BCUT2D eigenvalue weighted by molar-refractivity contribution is 0.00199. The molecular weight excluding hydrogens is 126 g/mol. The molecule has 2 nitrogen and oxygen atoms in total. The number of hydrogen-bond donors (Lipinski definition) is 1. The number of morpholine rings is 1. The molecule has 2 aliphatic heterocycles. The van der Waals surface area contributed by atoms with Crippen LogP contribution in [0.15, 0.2) is 0 Å². The Morgan fingerprint density at radius 3 is 2.20 bits per heavy atom. The van der Waals surface area contributed by atoms with E-state index in [0.29, 0.717) is 30.2 Å². The highest BCUT2D eigenvalue weighted by Gasteiger charge is 2.48. The average molecular weight is 141 g/mol. The second-order valence-corrected chi connectivity index (χ2v) is 3.65. The Morgan fingerprint density at radius 2 is 1.90 bits per heavy atom. The van der Waals surface area contributed by atoms with Crippen molar-refractivity contribution in [3.05, 3.63) is 0 Å². The molecule has 0 saturated carbocycles. The van der Waals surface area contributed by atoms with Crippen LogP contribution in [-0.4, -0.2) is 24.3 Å². The van der Waals surface area contributed by atoms with Gasteiger partial charge in [0.05, 0.1) is 12.2 Å². The van der Waals surface area contributed by atoms with Gasteiger partial charge in [0.25, 0.3) is 0 Å². The van der Waals surface area contributed by atoms with Crippen LogP contribution in [0.25, 0.3) is 0 Å². The van der Waals surface area contributed by atoms with E-state index >= 15 is 0 Å². The third-order valence-corrected chi connectivity index (χ3v) is 2.91. The van der Waals surface area contributed by atoms with Crippen LogP contribution in [0.2, 0.25) is 0 Å². The highest BCUT2D eigenvalue weighted by molar-refractivity contribution is 5.03. The van der Waals surface area contributed by atoms with Gasteiger partial charge >= 0.3 is 0 Å². The predicted octanol–water partition coefficient (Wildman–Crippen LogP) is 0.770. The summed E-state index contributed by atoms with van der Waals surface area (Å²) in [4.78, 5) is 0. The molecule has 2 aliphatic rings. The Bertz CT molecular complexity index is 132. The fourth-order valence-electron chi connectivity index (χ4n) is 2.35. The highest BCUT2D eigenvalue weighted by Crippen LogP contribution is 2.34. The second kappa shape index (κ2) is 1.95. The van der Waals surface area contributed by atoms with E-state index in [0.717, 1.165) is 0 Å². The molecule has 2 fully saturated rings. The Morgan fingerprint density at radius 1 is 1.20 bits per heavy atom. The molecule has 0 spiro atoms. The first kappa shape index (κ1) is 6.62. The van der Waals surface area contributed by atoms with Gasteiger partial charge in [-0.05, 0) is 13.8 Å². The fourth-order valence-corrected chi connectivity index (χ4v) is 2.35. The van der Waals surface area contributed by atoms with Crippen LogP contribution in [0.1, 0.15) is 20.8 Å². The summed E-state index contributed by atoms with van der Waals surface area (Å²) < 4.78 is 5.72. The predicted molar refractivity (Wildman–Crippen MR) is 39.9 cm³/mol. The lowest BCUT2D eigenvalue weighted by Crippen LogP contribution is -2.43. The van der Waals surface area contributed by atoms with Crippen LogP contribution in [-0.2, 0) is 4.74 Å². The van der Waals surface area contributed by atoms with Crippen LogP contribution in [0.5, 0.6) is 0 Å². The maximum atomic E-state index is 5.72. The molecule has 2 rings (SSSR count). The van der Waals surface area contributed by atoms with E-state index in [1.807, 2.05) is 0 Å². The van der Waals surface area contributed by atoms with Gasteiger partial charge in [0, 0.05) is 18.0 Å². The van der Waals surface area contributed by atoms with Crippen LogP contribution in [0.3, 0.4) is 0 Å². The van der Waals surface area contributed by atoms with Crippen LogP contribution in [0, 0.1) is 5.92 Å². The highest BCUT2D eigenvalue weighted by atomic mass is 16.5. The van der Waals surface area contributed by atoms with E-state index < -0.39 is 0 Å². The van der Waals surface area contributed by atoms with Crippen molar-refractivity contribution >= 4 is 0 Å². The standard InChI is InChI=1S/C8H15NO/c1-4-7-6(3)10-8(4)5(2)9-7/h4-9H,1-3H3. The van der Waals surface area contributed by atoms with E-state index in [1.54, 1.807) is 0 Å². The van der Waals surface area contributed by atoms with E-state index in [9.17, 15) is 0 Å². The van der Waals surface area contributed by atoms with Crippen molar-refractivity contribution in [3.63, 3.8) is 0 Å². The molecule has 5 unspecified atom stereocenters. The van der Waals surface area contributed by atoms with E-state index in [1.165, 1.54) is 0 Å². The largest absolute Gasteiger partial charge is 0.372 e. The molecule has 58 valence electrons. The monoisotopic (exact) mass is 141 g/mol. The molecule has 5 atom stereocenters. The molecule has 2 heteroatoms. The van der Waals surface area contributed by atoms with Crippen LogP contribution in [0.4, 0.5) is 0 Å². The summed E-state index contributed by atoms with van der Waals surface area (Å²) in [7, 11) is 0. The molecule has 2 bridgehead atoms. The minimum atomic E-state index is 0.427. The number of rotatable bonds is 0. The Balaban J connectivity index is 2.17. The molecule has 10 heavy (non-hydrogen) atoms. The Kier molecular flexibility index (Phi) is 1.29. The minimum absolute atomic E-state index is 0.427. The van der Waals surface area contributed by atoms with Gasteiger partial charge in [0.15, 0.2) is 0 Å². The molecule has 0 aliphatic carbocycles. The smallest absolute Gasteiger partial charge is 0.0771 e. The molecule has 2 heterocycles. The SMILES string of the molecule is CC1NC2C(C)OC1C2C. The van der Waals surface area contributed by atoms with Crippen molar-refractivity contribution < 1.29 is 4.74 Å². The fraction of sp³-hybridized carbons (Fsp3) is 1.00. The maximum absolute atomic E-state index is 5.72. The summed E-state index contributed by atoms with van der Waals surface area (Å²) in [5.74, 6) is 0.713. The van der Waals surface area contributed by atoms with Gasteiger partial charge in [-0.25, -0.2) is 0 Å². The van der Waals surface area contributed by atoms with Crippen molar-refractivity contribution in [2.75, 3.05) is 0 Å². The van der Waals surface area contributed by atoms with Crippen LogP contribution >= 0.6 is 0 Å². The van der Waals surface area contributed by atoms with Crippen LogP contribution < -0.4 is 5.32 Å². The number of hydrogen-bond acceptors (Lipinski definition) is 2. The van der Waals surface area contributed by atoms with Gasteiger partial charge in [0.2, 0.25) is 0 Å². The zero-order chi connectivity index (χ0) is 7.30. The Hall–Kier alpha value is -0.0800. The van der Waals surface area contributed by atoms with E-state index in [4.69, 9.17) is 4.74 Å². The Labute approximate surface area is 61.9 Å². The van der Waals surface area contributed by atoms with Gasteiger partial charge in [0.1, 0.15) is 0 Å². The van der Waals surface area contributed by atoms with E-state index in [2.05, 4.69) is 26.1 Å². The van der Waals surface area contributed by atoms with Gasteiger partial charge < -0.3 is 10.1 Å². The molecule has 0 aromatic carbocycles. The summed E-state index contributed by atoms with van der Waals surface area (Å²) in [6, 6.07) is 1.18. The van der Waals surface area contributed by atoms with Crippen molar-refractivity contribution in [1.82, 2.24) is 5.32 Å². The van der Waals surface area contributed by atoms with Gasteiger partial charge in [-0.3, -0.25) is 0 Å². The molecular formula is C8H15NO. The second-order valence-electron chi connectivity index (χ2n) is 3.65. The van der Waals surface area contributed by atoms with Crippen molar-refractivity contribution in [2.24, 2.45) is 5.92 Å². The minimum Gasteiger partial charge on any atom is -0.372 e. The lowest BCUT2D eigenvalue weighted by Gasteiger charge is -2.24. The molecule has 0 aromatic heterocycles. The first-order chi connectivity index (χ1) is 4.70. The normalized spacial score (nSPS) is 59.7. The lowest BCUT2D eigenvalue weighted by atomic mass is 10.0. The van der Waals surface area contributed by atoms with Gasteiger partial charge in [-0.1, -0.05) is 6.92 Å². The quantitative estimate of drug-likeness (QED) is 0.538. The molecule has 0 amide bonds. The van der Waals surface area contributed by atoms with Gasteiger partial charge in [-0.2, -0.15) is 0 Å². The number of nitrogens with one attached hydrogen (secondary N) is 1. The average Bonchev–Trinajstić information content (AvgIpc) is 2.26. The first-order valence-electron chi connectivity index (χ1n) is 4.11. The summed E-state index contributed by atoms with van der Waals surface area (Å²) in [6.45, 7) is 6.63. The zero-order valence-corrected chi connectivity index (χ0v) is 6.79. The summed E-state index contributed by atoms with van der Waals surface area (Å²) >= 11 is 0. The summed E-state index contributed by atoms with van der Waals surface area (Å²) in [6.07, 6.45) is 0.899. The molecule has 2 saturated heterocycles. The number of fused-ring (bicyclic) bond motifs is 2.